The fourth-order valence-electron chi connectivity index (χ4n) is 1.62. The number of hydrogen-bond acceptors (Lipinski definition) is 5. The normalized spacial score (nSPS) is 11.3. The van der Waals surface area contributed by atoms with E-state index in [2.05, 4.69) is 9.71 Å². The third-order valence-corrected chi connectivity index (χ3v) is 4.74. The first-order valence-corrected chi connectivity index (χ1v) is 8.58. The van der Waals surface area contributed by atoms with Crippen molar-refractivity contribution < 1.29 is 8.42 Å². The molecule has 106 valence electrons. The summed E-state index contributed by atoms with van der Waals surface area (Å²) in [6.07, 6.45) is 3.36. The molecule has 3 N–H and O–H groups in total. The molecule has 0 unspecified atom stereocenters. The van der Waals surface area contributed by atoms with E-state index in [4.69, 9.17) is 5.73 Å². The topological polar surface area (TPSA) is 85.1 Å². The first kappa shape index (κ1) is 14.8. The highest BCUT2D eigenvalue weighted by Gasteiger charge is 2.17. The Labute approximate surface area is 122 Å². The molecule has 0 aliphatic heterocycles. The minimum absolute atomic E-state index is 0.0226. The average Bonchev–Trinajstić information content (AvgIpc) is 2.47. The summed E-state index contributed by atoms with van der Waals surface area (Å²) in [5.74, 6) is 0. The summed E-state index contributed by atoms with van der Waals surface area (Å²) in [5, 5.41) is -0.0226. The summed E-state index contributed by atoms with van der Waals surface area (Å²) in [7, 11) is -3.69. The molecular formula is C13H15N3O2S2. The van der Waals surface area contributed by atoms with Crippen molar-refractivity contribution in [3.63, 3.8) is 0 Å². The van der Waals surface area contributed by atoms with Crippen molar-refractivity contribution in [2.45, 2.75) is 16.5 Å². The number of para-hydroxylation sites is 1. The van der Waals surface area contributed by atoms with Crippen LogP contribution in [0.15, 0.2) is 52.5 Å². The molecule has 2 rings (SSSR count). The molecule has 0 aliphatic carbocycles. The molecule has 0 amide bonds. The largest absolute Gasteiger partial charge is 0.326 e. The average molecular weight is 309 g/mol. The molecule has 1 heterocycles. The van der Waals surface area contributed by atoms with Gasteiger partial charge in [0, 0.05) is 17.6 Å². The maximum absolute atomic E-state index is 12.3. The molecule has 20 heavy (non-hydrogen) atoms. The van der Waals surface area contributed by atoms with Gasteiger partial charge in [0.25, 0.3) is 10.0 Å². The quantitative estimate of drug-likeness (QED) is 0.826. The summed E-state index contributed by atoms with van der Waals surface area (Å²) >= 11 is 1.47. The Hall–Kier alpha value is -1.57. The Morgan fingerprint density at radius 1 is 1.25 bits per heavy atom. The molecule has 7 heteroatoms. The van der Waals surface area contributed by atoms with Gasteiger partial charge >= 0.3 is 0 Å². The van der Waals surface area contributed by atoms with Crippen LogP contribution in [0.25, 0.3) is 0 Å². The van der Waals surface area contributed by atoms with Crippen molar-refractivity contribution in [3.05, 3.63) is 48.2 Å². The van der Waals surface area contributed by atoms with Crippen molar-refractivity contribution >= 4 is 27.5 Å². The summed E-state index contributed by atoms with van der Waals surface area (Å²) < 4.78 is 27.1. The number of nitrogens with two attached hydrogens (primary N) is 1. The number of nitrogens with zero attached hydrogens (tertiary/aromatic N) is 1. The standard InChI is InChI=1S/C13H15N3O2S2/c1-19-12-5-3-2-4-11(12)16-20(17,18)13-7-6-10(8-14)9-15-13/h2-7,9,16H,8,14H2,1H3. The van der Waals surface area contributed by atoms with E-state index in [9.17, 15) is 8.42 Å². The number of aromatic nitrogens is 1. The fourth-order valence-corrected chi connectivity index (χ4v) is 3.25. The van der Waals surface area contributed by atoms with Gasteiger partial charge in [0.15, 0.2) is 5.03 Å². The second-order valence-corrected chi connectivity index (χ2v) is 6.49. The van der Waals surface area contributed by atoms with Gasteiger partial charge in [-0.15, -0.1) is 11.8 Å². The van der Waals surface area contributed by atoms with Gasteiger partial charge in [0.05, 0.1) is 5.69 Å². The number of thioether (sulfide) groups is 1. The molecule has 1 aromatic heterocycles. The van der Waals surface area contributed by atoms with Gasteiger partial charge in [-0.05, 0) is 30.0 Å². The highest BCUT2D eigenvalue weighted by atomic mass is 32.2. The lowest BCUT2D eigenvalue weighted by Gasteiger charge is -2.10. The van der Waals surface area contributed by atoms with E-state index in [1.807, 2.05) is 18.4 Å². The Kier molecular flexibility index (Phi) is 4.64. The van der Waals surface area contributed by atoms with Crippen LogP contribution in [0.1, 0.15) is 5.56 Å². The van der Waals surface area contributed by atoms with Crippen molar-refractivity contribution in [2.24, 2.45) is 5.73 Å². The molecule has 0 spiro atoms. The fraction of sp³-hybridized carbons (Fsp3) is 0.154. The molecule has 0 radical (unpaired) electrons. The van der Waals surface area contributed by atoms with Crippen LogP contribution in [0.3, 0.4) is 0 Å². The Bertz CT molecular complexity index is 685. The Morgan fingerprint density at radius 3 is 2.60 bits per heavy atom. The van der Waals surface area contributed by atoms with Crippen molar-refractivity contribution in [3.8, 4) is 0 Å². The lowest BCUT2D eigenvalue weighted by molar-refractivity contribution is 0.597. The van der Waals surface area contributed by atoms with Crippen molar-refractivity contribution in [1.29, 1.82) is 0 Å². The smallest absolute Gasteiger partial charge is 0.279 e. The first-order valence-electron chi connectivity index (χ1n) is 5.87. The van der Waals surface area contributed by atoms with Crippen LogP contribution in [0.5, 0.6) is 0 Å². The Balaban J connectivity index is 2.30. The number of benzene rings is 1. The monoisotopic (exact) mass is 309 g/mol. The van der Waals surface area contributed by atoms with E-state index in [0.29, 0.717) is 12.2 Å². The highest BCUT2D eigenvalue weighted by Crippen LogP contribution is 2.26. The van der Waals surface area contributed by atoms with E-state index in [1.165, 1.54) is 24.0 Å². The second kappa shape index (κ2) is 6.25. The lowest BCUT2D eigenvalue weighted by Crippen LogP contribution is -2.15. The second-order valence-electron chi connectivity index (χ2n) is 4.01. The molecule has 0 saturated heterocycles. The SMILES string of the molecule is CSc1ccccc1NS(=O)(=O)c1ccc(CN)cn1. The first-order chi connectivity index (χ1) is 9.56. The number of anilines is 1. The zero-order chi connectivity index (χ0) is 14.6. The van der Waals surface area contributed by atoms with Gasteiger partial charge in [0.1, 0.15) is 0 Å². The zero-order valence-electron chi connectivity index (χ0n) is 10.9. The van der Waals surface area contributed by atoms with Crippen molar-refractivity contribution in [1.82, 2.24) is 4.98 Å². The molecular weight excluding hydrogens is 294 g/mol. The lowest BCUT2D eigenvalue weighted by atomic mass is 10.3. The van der Waals surface area contributed by atoms with Crippen LogP contribution in [0.4, 0.5) is 5.69 Å². The van der Waals surface area contributed by atoms with E-state index in [-0.39, 0.29) is 5.03 Å². The Morgan fingerprint density at radius 2 is 2.00 bits per heavy atom. The van der Waals surface area contributed by atoms with Gasteiger partial charge in [-0.1, -0.05) is 18.2 Å². The van der Waals surface area contributed by atoms with E-state index in [1.54, 1.807) is 18.2 Å². The summed E-state index contributed by atoms with van der Waals surface area (Å²) in [6, 6.07) is 10.3. The zero-order valence-corrected chi connectivity index (χ0v) is 12.5. The van der Waals surface area contributed by atoms with Crippen LogP contribution in [-0.4, -0.2) is 19.7 Å². The van der Waals surface area contributed by atoms with E-state index in [0.717, 1.165) is 10.5 Å². The maximum atomic E-state index is 12.3. The third-order valence-electron chi connectivity index (χ3n) is 2.66. The number of pyridine rings is 1. The van der Waals surface area contributed by atoms with Gasteiger partial charge in [0.2, 0.25) is 0 Å². The summed E-state index contributed by atoms with van der Waals surface area (Å²) in [5.41, 5.74) is 6.79. The number of nitrogens with one attached hydrogen (secondary N) is 1. The maximum Gasteiger partial charge on any atom is 0.279 e. The number of sulfonamides is 1. The van der Waals surface area contributed by atoms with E-state index < -0.39 is 10.0 Å². The minimum Gasteiger partial charge on any atom is -0.326 e. The molecule has 5 nitrogen and oxygen atoms in total. The van der Waals surface area contributed by atoms with E-state index >= 15 is 0 Å². The predicted molar refractivity (Wildman–Crippen MR) is 81.2 cm³/mol. The molecule has 2 aromatic rings. The van der Waals surface area contributed by atoms with Crippen LogP contribution in [0, 0.1) is 0 Å². The summed E-state index contributed by atoms with van der Waals surface area (Å²) in [6.45, 7) is 0.329. The van der Waals surface area contributed by atoms with Crippen molar-refractivity contribution in [2.75, 3.05) is 11.0 Å². The molecule has 0 fully saturated rings. The van der Waals surface area contributed by atoms with Gasteiger partial charge in [-0.3, -0.25) is 4.72 Å². The van der Waals surface area contributed by atoms with Crippen LogP contribution in [0.2, 0.25) is 0 Å². The van der Waals surface area contributed by atoms with Gasteiger partial charge in [-0.25, -0.2) is 4.98 Å². The molecule has 0 bridgehead atoms. The molecule has 0 atom stereocenters. The van der Waals surface area contributed by atoms with Crippen LogP contribution in [-0.2, 0) is 16.6 Å². The van der Waals surface area contributed by atoms with Crippen LogP contribution >= 0.6 is 11.8 Å². The molecule has 0 saturated carbocycles. The minimum atomic E-state index is -3.69. The van der Waals surface area contributed by atoms with Crippen LogP contribution < -0.4 is 10.5 Å². The van der Waals surface area contributed by atoms with Gasteiger partial charge in [-0.2, -0.15) is 8.42 Å². The molecule has 1 aromatic carbocycles. The van der Waals surface area contributed by atoms with Gasteiger partial charge < -0.3 is 5.73 Å². The third kappa shape index (κ3) is 3.30. The highest BCUT2D eigenvalue weighted by molar-refractivity contribution is 7.99. The summed E-state index contributed by atoms with van der Waals surface area (Å²) in [4.78, 5) is 4.79. The molecule has 0 aliphatic rings. The number of rotatable bonds is 5. The number of hydrogen-bond donors (Lipinski definition) is 2. The predicted octanol–water partition coefficient (Wildman–Crippen LogP) is 2.06.